The molecule has 0 saturated heterocycles. The molecule has 0 unspecified atom stereocenters. The number of carbonyl (C=O) groups excluding carboxylic acids is 2. The van der Waals surface area contributed by atoms with Crippen LogP contribution < -0.4 is 0 Å². The Morgan fingerprint density at radius 1 is 0.750 bits per heavy atom. The van der Waals surface area contributed by atoms with Crippen LogP contribution in [-0.2, 0) is 19.1 Å². The van der Waals surface area contributed by atoms with Gasteiger partial charge in [-0.05, 0) is 26.7 Å². The Morgan fingerprint density at radius 2 is 1.06 bits per heavy atom. The summed E-state index contributed by atoms with van der Waals surface area (Å²) < 4.78 is 9.80. The van der Waals surface area contributed by atoms with Gasteiger partial charge in [0.05, 0.1) is 13.2 Å². The molecule has 0 radical (unpaired) electrons. The summed E-state index contributed by atoms with van der Waals surface area (Å²) in [6, 6.07) is 0. The van der Waals surface area contributed by atoms with Gasteiger partial charge >= 0.3 is 11.9 Å². The van der Waals surface area contributed by atoms with Crippen molar-refractivity contribution < 1.29 is 19.1 Å². The first kappa shape index (κ1) is 14.7. The third-order valence-electron chi connectivity index (χ3n) is 2.12. The first-order valence-corrected chi connectivity index (χ1v) is 5.68. The second kappa shape index (κ2) is 7.91. The van der Waals surface area contributed by atoms with Gasteiger partial charge in [-0.3, -0.25) is 0 Å². The lowest BCUT2D eigenvalue weighted by Crippen LogP contribution is -2.16. The van der Waals surface area contributed by atoms with Crippen LogP contribution in [0.3, 0.4) is 0 Å². The van der Waals surface area contributed by atoms with Gasteiger partial charge in [0.25, 0.3) is 0 Å². The third-order valence-corrected chi connectivity index (χ3v) is 2.12. The van der Waals surface area contributed by atoms with Crippen LogP contribution in [0.5, 0.6) is 0 Å². The SMILES string of the molecule is CCOC(=O)C(CC)=C(CC)C(=O)OCC. The largest absolute Gasteiger partial charge is 0.463 e. The van der Waals surface area contributed by atoms with Gasteiger partial charge in [-0.25, -0.2) is 9.59 Å². The minimum absolute atomic E-state index is 0.308. The van der Waals surface area contributed by atoms with Gasteiger partial charge in [0.1, 0.15) is 0 Å². The third kappa shape index (κ3) is 4.04. The zero-order valence-corrected chi connectivity index (χ0v) is 10.5. The summed E-state index contributed by atoms with van der Waals surface area (Å²) in [7, 11) is 0. The molecule has 0 amide bonds. The van der Waals surface area contributed by atoms with Crippen molar-refractivity contribution in [1.82, 2.24) is 0 Å². The van der Waals surface area contributed by atoms with Crippen LogP contribution in [0.2, 0.25) is 0 Å². The second-order valence-corrected chi connectivity index (χ2v) is 3.11. The average Bonchev–Trinajstić information content (AvgIpc) is 2.25. The van der Waals surface area contributed by atoms with Crippen molar-refractivity contribution in [1.29, 1.82) is 0 Å². The highest BCUT2D eigenvalue weighted by Crippen LogP contribution is 2.16. The predicted molar refractivity (Wildman–Crippen MR) is 60.9 cm³/mol. The van der Waals surface area contributed by atoms with E-state index in [1.54, 1.807) is 13.8 Å². The molecule has 0 N–H and O–H groups in total. The molecule has 92 valence electrons. The van der Waals surface area contributed by atoms with Crippen molar-refractivity contribution >= 4 is 11.9 Å². The van der Waals surface area contributed by atoms with E-state index in [4.69, 9.17) is 9.47 Å². The Hall–Kier alpha value is -1.32. The number of rotatable bonds is 6. The normalized spacial score (nSPS) is 11.8. The molecule has 0 aliphatic rings. The second-order valence-electron chi connectivity index (χ2n) is 3.11. The van der Waals surface area contributed by atoms with Crippen LogP contribution in [0.4, 0.5) is 0 Å². The minimum atomic E-state index is -0.421. The molecule has 4 heteroatoms. The standard InChI is InChI=1S/C12H20O4/c1-5-9(11(13)15-7-3)10(6-2)12(14)16-8-4/h5-8H2,1-4H3. The first-order chi connectivity index (χ1) is 7.62. The van der Waals surface area contributed by atoms with Gasteiger partial charge in [0.2, 0.25) is 0 Å². The maximum Gasteiger partial charge on any atom is 0.334 e. The van der Waals surface area contributed by atoms with Gasteiger partial charge in [0, 0.05) is 11.1 Å². The minimum Gasteiger partial charge on any atom is -0.463 e. The highest BCUT2D eigenvalue weighted by atomic mass is 16.5. The monoisotopic (exact) mass is 228 g/mol. The van der Waals surface area contributed by atoms with Crippen LogP contribution in [0, 0.1) is 0 Å². The van der Waals surface area contributed by atoms with Gasteiger partial charge < -0.3 is 9.47 Å². The lowest BCUT2D eigenvalue weighted by molar-refractivity contribution is -0.142. The number of ether oxygens (including phenoxy) is 2. The number of carbonyl (C=O) groups is 2. The van der Waals surface area contributed by atoms with Crippen LogP contribution >= 0.6 is 0 Å². The Kier molecular flexibility index (Phi) is 7.25. The fourth-order valence-corrected chi connectivity index (χ4v) is 1.40. The smallest absolute Gasteiger partial charge is 0.334 e. The van der Waals surface area contributed by atoms with E-state index in [1.165, 1.54) is 0 Å². The Morgan fingerprint density at radius 3 is 1.25 bits per heavy atom. The summed E-state index contributed by atoms with van der Waals surface area (Å²) in [6.45, 7) is 7.73. The van der Waals surface area contributed by atoms with E-state index in [2.05, 4.69) is 0 Å². The number of hydrogen-bond acceptors (Lipinski definition) is 4. The molecule has 0 aromatic carbocycles. The van der Waals surface area contributed by atoms with Crippen LogP contribution in [0.25, 0.3) is 0 Å². The molecule has 0 aromatic rings. The first-order valence-electron chi connectivity index (χ1n) is 5.68. The van der Waals surface area contributed by atoms with E-state index < -0.39 is 11.9 Å². The molecule has 0 aliphatic heterocycles. The quantitative estimate of drug-likeness (QED) is 0.516. The van der Waals surface area contributed by atoms with Crippen molar-refractivity contribution in [3.05, 3.63) is 11.1 Å². The number of hydrogen-bond donors (Lipinski definition) is 0. The van der Waals surface area contributed by atoms with Crippen molar-refractivity contribution in [2.24, 2.45) is 0 Å². The Bertz CT molecular complexity index is 251. The molecule has 0 spiro atoms. The van der Waals surface area contributed by atoms with Crippen LogP contribution in [0.15, 0.2) is 11.1 Å². The van der Waals surface area contributed by atoms with Crippen LogP contribution in [0.1, 0.15) is 40.5 Å². The fourth-order valence-electron chi connectivity index (χ4n) is 1.40. The summed E-state index contributed by atoms with van der Waals surface area (Å²) in [5.74, 6) is -0.843. The zero-order chi connectivity index (χ0) is 12.6. The summed E-state index contributed by atoms with van der Waals surface area (Å²) in [5, 5.41) is 0. The highest BCUT2D eigenvalue weighted by molar-refractivity contribution is 6.00. The maximum atomic E-state index is 11.6. The molecular formula is C12H20O4. The van der Waals surface area contributed by atoms with Gasteiger partial charge in [-0.15, -0.1) is 0 Å². The van der Waals surface area contributed by atoms with Gasteiger partial charge in [0.15, 0.2) is 0 Å². The average molecular weight is 228 g/mol. The Balaban J connectivity index is 5.04. The summed E-state index contributed by atoms with van der Waals surface area (Å²) >= 11 is 0. The molecule has 0 atom stereocenters. The van der Waals surface area contributed by atoms with Crippen molar-refractivity contribution in [3.8, 4) is 0 Å². The summed E-state index contributed by atoms with van der Waals surface area (Å²) in [5.41, 5.74) is 0.839. The molecule has 16 heavy (non-hydrogen) atoms. The molecule has 0 heterocycles. The van der Waals surface area contributed by atoms with Gasteiger partial charge in [-0.1, -0.05) is 13.8 Å². The van der Waals surface area contributed by atoms with E-state index in [1.807, 2.05) is 13.8 Å². The topological polar surface area (TPSA) is 52.6 Å². The van der Waals surface area contributed by atoms with E-state index in [9.17, 15) is 9.59 Å². The lowest BCUT2D eigenvalue weighted by atomic mass is 10.0. The van der Waals surface area contributed by atoms with Gasteiger partial charge in [-0.2, -0.15) is 0 Å². The molecule has 0 bridgehead atoms. The summed E-state index contributed by atoms with van der Waals surface area (Å²) in [6.07, 6.45) is 0.946. The lowest BCUT2D eigenvalue weighted by Gasteiger charge is -2.10. The molecule has 0 saturated carbocycles. The van der Waals surface area contributed by atoms with E-state index in [0.29, 0.717) is 37.2 Å². The maximum absolute atomic E-state index is 11.6. The van der Waals surface area contributed by atoms with E-state index >= 15 is 0 Å². The molecule has 0 aliphatic carbocycles. The number of esters is 2. The van der Waals surface area contributed by atoms with Crippen molar-refractivity contribution in [2.75, 3.05) is 13.2 Å². The van der Waals surface area contributed by atoms with E-state index in [0.717, 1.165) is 0 Å². The molecule has 0 aromatic heterocycles. The predicted octanol–water partition coefficient (Wildman–Crippen LogP) is 2.23. The van der Waals surface area contributed by atoms with Crippen molar-refractivity contribution in [2.45, 2.75) is 40.5 Å². The molecule has 0 rings (SSSR count). The molecule has 0 fully saturated rings. The van der Waals surface area contributed by atoms with Crippen LogP contribution in [-0.4, -0.2) is 25.2 Å². The van der Waals surface area contributed by atoms with Crippen molar-refractivity contribution in [3.63, 3.8) is 0 Å². The zero-order valence-electron chi connectivity index (χ0n) is 10.5. The molecule has 4 nitrogen and oxygen atoms in total. The summed E-state index contributed by atoms with van der Waals surface area (Å²) in [4.78, 5) is 23.2. The van der Waals surface area contributed by atoms with E-state index in [-0.39, 0.29) is 0 Å². The highest BCUT2D eigenvalue weighted by Gasteiger charge is 2.19. The molecular weight excluding hydrogens is 208 g/mol. The fraction of sp³-hybridized carbons (Fsp3) is 0.667. The Labute approximate surface area is 96.6 Å².